The Kier molecular flexibility index (Phi) is 6.25. The molecule has 0 saturated carbocycles. The first-order valence-corrected chi connectivity index (χ1v) is 9.52. The number of carbonyl (C=O) groups is 2. The van der Waals surface area contributed by atoms with Gasteiger partial charge in [0.2, 0.25) is 5.91 Å². The Morgan fingerprint density at radius 1 is 1.15 bits per heavy atom. The highest BCUT2D eigenvalue weighted by Gasteiger charge is 2.32. The molecule has 2 aliphatic rings. The third-order valence-electron chi connectivity index (χ3n) is 5.35. The molecule has 2 saturated heterocycles. The number of carbonyl (C=O) groups excluding carboxylic acids is 2. The lowest BCUT2D eigenvalue weighted by Crippen LogP contribution is -2.46. The van der Waals surface area contributed by atoms with E-state index in [1.165, 1.54) is 12.1 Å². The second-order valence-electron chi connectivity index (χ2n) is 7.11. The SMILES string of the molecule is CCOC(=O)C1CCCN(C(=O)CN2CCCC2c2ccc(F)cc2)C1. The van der Waals surface area contributed by atoms with Gasteiger partial charge in [-0.1, -0.05) is 12.1 Å². The van der Waals surface area contributed by atoms with Crippen LogP contribution in [0.1, 0.15) is 44.2 Å². The van der Waals surface area contributed by atoms with Gasteiger partial charge in [-0.25, -0.2) is 4.39 Å². The molecule has 2 fully saturated rings. The smallest absolute Gasteiger partial charge is 0.310 e. The number of rotatable bonds is 5. The lowest BCUT2D eigenvalue weighted by molar-refractivity contribution is -0.151. The topological polar surface area (TPSA) is 49.9 Å². The highest BCUT2D eigenvalue weighted by Crippen LogP contribution is 2.32. The predicted octanol–water partition coefficient (Wildman–Crippen LogP) is 2.76. The summed E-state index contributed by atoms with van der Waals surface area (Å²) in [6, 6.07) is 6.72. The molecule has 0 aromatic heterocycles. The molecule has 3 rings (SSSR count). The summed E-state index contributed by atoms with van der Waals surface area (Å²) < 4.78 is 18.3. The summed E-state index contributed by atoms with van der Waals surface area (Å²) in [4.78, 5) is 28.7. The van der Waals surface area contributed by atoms with E-state index in [1.807, 2.05) is 0 Å². The third-order valence-corrected chi connectivity index (χ3v) is 5.35. The standard InChI is InChI=1S/C20H27FN2O3/c1-2-26-20(25)16-5-3-12-23(13-16)19(24)14-22-11-4-6-18(22)15-7-9-17(21)10-8-15/h7-10,16,18H,2-6,11-14H2,1H3. The Hall–Kier alpha value is -1.95. The monoisotopic (exact) mass is 362 g/mol. The molecule has 1 aromatic rings. The van der Waals surface area contributed by atoms with Crippen molar-refractivity contribution in [2.24, 2.45) is 5.92 Å². The Balaban J connectivity index is 1.59. The lowest BCUT2D eigenvalue weighted by atomic mass is 9.98. The number of likely N-dealkylation sites (tertiary alicyclic amines) is 2. The van der Waals surface area contributed by atoms with Crippen molar-refractivity contribution >= 4 is 11.9 Å². The molecule has 5 nitrogen and oxygen atoms in total. The van der Waals surface area contributed by atoms with Crippen molar-refractivity contribution in [1.29, 1.82) is 0 Å². The van der Waals surface area contributed by atoms with E-state index in [1.54, 1.807) is 24.0 Å². The van der Waals surface area contributed by atoms with E-state index in [0.717, 1.165) is 37.8 Å². The van der Waals surface area contributed by atoms with Crippen LogP contribution < -0.4 is 0 Å². The first-order valence-electron chi connectivity index (χ1n) is 9.52. The number of hydrogen-bond acceptors (Lipinski definition) is 4. The molecular formula is C20H27FN2O3. The molecule has 0 aliphatic carbocycles. The van der Waals surface area contributed by atoms with Gasteiger partial charge in [-0.15, -0.1) is 0 Å². The maximum absolute atomic E-state index is 13.2. The number of esters is 1. The summed E-state index contributed by atoms with van der Waals surface area (Å²) in [5.74, 6) is -0.588. The average Bonchev–Trinajstić information content (AvgIpc) is 3.10. The van der Waals surface area contributed by atoms with Crippen LogP contribution in [0.2, 0.25) is 0 Å². The Morgan fingerprint density at radius 3 is 2.62 bits per heavy atom. The fraction of sp³-hybridized carbons (Fsp3) is 0.600. The zero-order valence-electron chi connectivity index (χ0n) is 15.3. The van der Waals surface area contributed by atoms with E-state index in [2.05, 4.69) is 4.90 Å². The lowest BCUT2D eigenvalue weighted by Gasteiger charge is -2.33. The second-order valence-corrected chi connectivity index (χ2v) is 7.11. The Bertz CT molecular complexity index is 634. The number of ether oxygens (including phenoxy) is 1. The minimum absolute atomic E-state index is 0.0630. The van der Waals surface area contributed by atoms with Gasteiger partial charge in [0.05, 0.1) is 19.1 Å². The van der Waals surface area contributed by atoms with Crippen molar-refractivity contribution in [3.05, 3.63) is 35.6 Å². The number of benzene rings is 1. The zero-order chi connectivity index (χ0) is 18.5. The molecule has 2 unspecified atom stereocenters. The van der Waals surface area contributed by atoms with Gasteiger partial charge >= 0.3 is 5.97 Å². The summed E-state index contributed by atoms with van der Waals surface area (Å²) in [6.07, 6.45) is 3.62. The van der Waals surface area contributed by atoms with Crippen LogP contribution in [0.3, 0.4) is 0 Å². The zero-order valence-corrected chi connectivity index (χ0v) is 15.3. The van der Waals surface area contributed by atoms with Crippen LogP contribution in [0.4, 0.5) is 4.39 Å². The van der Waals surface area contributed by atoms with E-state index < -0.39 is 0 Å². The van der Waals surface area contributed by atoms with Gasteiger partial charge in [0.1, 0.15) is 5.82 Å². The molecule has 0 N–H and O–H groups in total. The minimum Gasteiger partial charge on any atom is -0.466 e. The van der Waals surface area contributed by atoms with Gasteiger partial charge in [-0.2, -0.15) is 0 Å². The van der Waals surface area contributed by atoms with Crippen molar-refractivity contribution in [2.45, 2.75) is 38.6 Å². The molecule has 0 radical (unpaired) electrons. The van der Waals surface area contributed by atoms with Crippen LogP contribution >= 0.6 is 0 Å². The van der Waals surface area contributed by atoms with Gasteiger partial charge in [0, 0.05) is 19.1 Å². The van der Waals surface area contributed by atoms with E-state index in [-0.39, 0.29) is 29.7 Å². The van der Waals surface area contributed by atoms with E-state index in [0.29, 0.717) is 26.2 Å². The van der Waals surface area contributed by atoms with E-state index in [9.17, 15) is 14.0 Å². The van der Waals surface area contributed by atoms with Gasteiger partial charge in [-0.3, -0.25) is 14.5 Å². The van der Waals surface area contributed by atoms with Crippen molar-refractivity contribution in [3.63, 3.8) is 0 Å². The summed E-state index contributed by atoms with van der Waals surface area (Å²) >= 11 is 0. The van der Waals surface area contributed by atoms with Crippen LogP contribution in [0, 0.1) is 11.7 Å². The number of amides is 1. The molecule has 142 valence electrons. The summed E-state index contributed by atoms with van der Waals surface area (Å²) in [5.41, 5.74) is 1.06. The van der Waals surface area contributed by atoms with Crippen molar-refractivity contribution in [1.82, 2.24) is 9.80 Å². The molecule has 2 heterocycles. The molecular weight excluding hydrogens is 335 g/mol. The summed E-state index contributed by atoms with van der Waals surface area (Å²) in [6.45, 7) is 4.53. The number of piperidine rings is 1. The van der Waals surface area contributed by atoms with Crippen LogP contribution in [0.5, 0.6) is 0 Å². The number of hydrogen-bond donors (Lipinski definition) is 0. The van der Waals surface area contributed by atoms with Crippen LogP contribution in [0.15, 0.2) is 24.3 Å². The van der Waals surface area contributed by atoms with E-state index >= 15 is 0 Å². The average molecular weight is 362 g/mol. The van der Waals surface area contributed by atoms with Gasteiger partial charge < -0.3 is 9.64 Å². The van der Waals surface area contributed by atoms with E-state index in [4.69, 9.17) is 4.74 Å². The highest BCUT2D eigenvalue weighted by atomic mass is 19.1. The fourth-order valence-electron chi connectivity index (χ4n) is 4.01. The van der Waals surface area contributed by atoms with Gasteiger partial charge in [0.25, 0.3) is 0 Å². The molecule has 2 atom stereocenters. The first-order chi connectivity index (χ1) is 12.6. The largest absolute Gasteiger partial charge is 0.466 e. The molecule has 2 aliphatic heterocycles. The van der Waals surface area contributed by atoms with Gasteiger partial charge in [0.15, 0.2) is 0 Å². The number of halogens is 1. The summed E-state index contributed by atoms with van der Waals surface area (Å²) in [7, 11) is 0. The molecule has 1 aromatic carbocycles. The normalized spacial score (nSPS) is 23.8. The second kappa shape index (κ2) is 8.62. The van der Waals surface area contributed by atoms with Crippen molar-refractivity contribution < 1.29 is 18.7 Å². The summed E-state index contributed by atoms with van der Waals surface area (Å²) in [5, 5.41) is 0. The molecule has 0 bridgehead atoms. The predicted molar refractivity (Wildman–Crippen MR) is 95.9 cm³/mol. The number of nitrogens with zero attached hydrogens (tertiary/aromatic N) is 2. The van der Waals surface area contributed by atoms with Crippen molar-refractivity contribution in [3.8, 4) is 0 Å². The van der Waals surface area contributed by atoms with Crippen LogP contribution in [-0.4, -0.2) is 54.5 Å². The minimum atomic E-state index is -0.243. The quantitative estimate of drug-likeness (QED) is 0.756. The van der Waals surface area contributed by atoms with Crippen molar-refractivity contribution in [2.75, 3.05) is 32.8 Å². The highest BCUT2D eigenvalue weighted by molar-refractivity contribution is 5.80. The molecule has 6 heteroatoms. The van der Waals surface area contributed by atoms with Crippen LogP contribution in [-0.2, 0) is 14.3 Å². The first kappa shape index (κ1) is 18.8. The van der Waals surface area contributed by atoms with Crippen LogP contribution in [0.25, 0.3) is 0 Å². The third kappa shape index (κ3) is 4.41. The molecule has 26 heavy (non-hydrogen) atoms. The molecule has 0 spiro atoms. The maximum Gasteiger partial charge on any atom is 0.310 e. The Morgan fingerprint density at radius 2 is 1.88 bits per heavy atom. The Labute approximate surface area is 154 Å². The fourth-order valence-corrected chi connectivity index (χ4v) is 4.01. The maximum atomic E-state index is 13.2. The van der Waals surface area contributed by atoms with Gasteiger partial charge in [-0.05, 0) is 56.8 Å². The molecule has 1 amide bonds.